The highest BCUT2D eigenvalue weighted by Gasteiger charge is 1.90. The molecule has 3 heteroatoms. The maximum Gasteiger partial charge on any atom is 0.141 e. The Morgan fingerprint density at radius 2 is 2.42 bits per heavy atom. The van der Waals surface area contributed by atoms with Crippen LogP contribution in [0, 0.1) is 11.3 Å². The van der Waals surface area contributed by atoms with E-state index >= 15 is 0 Å². The van der Waals surface area contributed by atoms with Crippen LogP contribution in [0.2, 0.25) is 0 Å². The number of nitrogens with zero attached hydrogens (tertiary/aromatic N) is 2. The zero-order valence-electron chi connectivity index (χ0n) is 6.44. The topological polar surface area (TPSA) is 36.7 Å². The SMILES string of the molecule is N#Cc1cccc(C=CCS)n1. The first-order valence-corrected chi connectivity index (χ1v) is 4.14. The molecule has 12 heavy (non-hydrogen) atoms. The van der Waals surface area contributed by atoms with E-state index in [2.05, 4.69) is 17.6 Å². The van der Waals surface area contributed by atoms with Gasteiger partial charge in [-0.05, 0) is 18.2 Å². The van der Waals surface area contributed by atoms with Gasteiger partial charge in [0.15, 0.2) is 0 Å². The molecular weight excluding hydrogens is 168 g/mol. The molecule has 1 aromatic rings. The molecule has 0 aliphatic heterocycles. The van der Waals surface area contributed by atoms with Crippen molar-refractivity contribution >= 4 is 18.7 Å². The molecule has 1 heterocycles. The van der Waals surface area contributed by atoms with Gasteiger partial charge in [0.25, 0.3) is 0 Å². The van der Waals surface area contributed by atoms with Gasteiger partial charge in [-0.3, -0.25) is 0 Å². The molecule has 1 aromatic heterocycles. The second kappa shape index (κ2) is 4.58. The van der Waals surface area contributed by atoms with Crippen LogP contribution in [-0.2, 0) is 0 Å². The van der Waals surface area contributed by atoms with Crippen molar-refractivity contribution < 1.29 is 0 Å². The fourth-order valence-corrected chi connectivity index (χ4v) is 0.885. The number of thiol groups is 1. The lowest BCUT2D eigenvalue weighted by molar-refractivity contribution is 1.24. The Hall–Kier alpha value is -1.27. The molecule has 0 bridgehead atoms. The lowest BCUT2D eigenvalue weighted by Crippen LogP contribution is -1.84. The van der Waals surface area contributed by atoms with E-state index in [0.29, 0.717) is 11.4 Å². The van der Waals surface area contributed by atoms with Crippen LogP contribution < -0.4 is 0 Å². The van der Waals surface area contributed by atoms with Crippen LogP contribution in [0.3, 0.4) is 0 Å². The minimum absolute atomic E-state index is 0.441. The third-order valence-corrected chi connectivity index (χ3v) is 1.49. The van der Waals surface area contributed by atoms with E-state index in [9.17, 15) is 0 Å². The molecule has 0 fully saturated rings. The molecule has 0 radical (unpaired) electrons. The highest BCUT2D eigenvalue weighted by molar-refractivity contribution is 7.80. The van der Waals surface area contributed by atoms with Crippen LogP contribution in [0.1, 0.15) is 11.4 Å². The zero-order chi connectivity index (χ0) is 8.81. The zero-order valence-corrected chi connectivity index (χ0v) is 7.33. The Bertz CT molecular complexity index is 326. The summed E-state index contributed by atoms with van der Waals surface area (Å²) < 4.78 is 0. The highest BCUT2D eigenvalue weighted by atomic mass is 32.1. The maximum atomic E-state index is 8.54. The van der Waals surface area contributed by atoms with Crippen LogP contribution in [0.15, 0.2) is 24.3 Å². The Morgan fingerprint density at radius 3 is 3.08 bits per heavy atom. The van der Waals surface area contributed by atoms with Crippen molar-refractivity contribution in [2.75, 3.05) is 5.75 Å². The number of pyridine rings is 1. The number of hydrogen-bond donors (Lipinski definition) is 1. The lowest BCUT2D eigenvalue weighted by Gasteiger charge is -1.91. The van der Waals surface area contributed by atoms with Gasteiger partial charge in [0.1, 0.15) is 11.8 Å². The van der Waals surface area contributed by atoms with Crippen molar-refractivity contribution in [2.24, 2.45) is 0 Å². The molecule has 0 spiro atoms. The van der Waals surface area contributed by atoms with Crippen LogP contribution in [0.25, 0.3) is 6.08 Å². The van der Waals surface area contributed by atoms with Crippen molar-refractivity contribution in [3.63, 3.8) is 0 Å². The van der Waals surface area contributed by atoms with Gasteiger partial charge in [-0.25, -0.2) is 4.98 Å². The standard InChI is InChI=1S/C9H8N2S/c10-7-9-4-1-3-8(11-9)5-2-6-12/h1-5,12H,6H2. The summed E-state index contributed by atoms with van der Waals surface area (Å²) in [6.45, 7) is 0. The number of rotatable bonds is 2. The van der Waals surface area contributed by atoms with Gasteiger partial charge in [0.05, 0.1) is 5.69 Å². The summed E-state index contributed by atoms with van der Waals surface area (Å²) in [5.41, 5.74) is 1.24. The first-order valence-electron chi connectivity index (χ1n) is 3.51. The van der Waals surface area contributed by atoms with Crippen LogP contribution in [-0.4, -0.2) is 10.7 Å². The number of nitriles is 1. The molecule has 0 unspecified atom stereocenters. The van der Waals surface area contributed by atoms with Gasteiger partial charge in [0, 0.05) is 5.75 Å². The van der Waals surface area contributed by atoms with Gasteiger partial charge in [0.2, 0.25) is 0 Å². The minimum Gasteiger partial charge on any atom is -0.238 e. The average Bonchev–Trinajstić information content (AvgIpc) is 2.15. The fourth-order valence-electron chi connectivity index (χ4n) is 0.780. The molecule has 2 nitrogen and oxygen atoms in total. The van der Waals surface area contributed by atoms with Crippen molar-refractivity contribution in [3.05, 3.63) is 35.7 Å². The Balaban J connectivity index is 2.88. The molecule has 0 N–H and O–H groups in total. The van der Waals surface area contributed by atoms with Gasteiger partial charge in [-0.2, -0.15) is 17.9 Å². The van der Waals surface area contributed by atoms with Crippen molar-refractivity contribution in [1.82, 2.24) is 4.98 Å². The van der Waals surface area contributed by atoms with Crippen LogP contribution >= 0.6 is 12.6 Å². The second-order valence-electron chi connectivity index (χ2n) is 2.14. The first kappa shape index (κ1) is 8.82. The Kier molecular flexibility index (Phi) is 3.36. The molecule has 1 rings (SSSR count). The van der Waals surface area contributed by atoms with E-state index < -0.39 is 0 Å². The molecular formula is C9H8N2S. The minimum atomic E-state index is 0.441. The third-order valence-electron chi connectivity index (χ3n) is 1.28. The predicted molar refractivity (Wildman–Crippen MR) is 51.8 cm³/mol. The average molecular weight is 176 g/mol. The van der Waals surface area contributed by atoms with E-state index in [1.54, 1.807) is 6.07 Å². The highest BCUT2D eigenvalue weighted by Crippen LogP contribution is 2.00. The largest absolute Gasteiger partial charge is 0.238 e. The van der Waals surface area contributed by atoms with Crippen molar-refractivity contribution in [3.8, 4) is 6.07 Å². The Labute approximate surface area is 77.0 Å². The molecule has 0 saturated heterocycles. The summed E-state index contributed by atoms with van der Waals surface area (Å²) in [5, 5.41) is 8.54. The molecule has 0 amide bonds. The lowest BCUT2D eigenvalue weighted by atomic mass is 10.3. The van der Waals surface area contributed by atoms with Crippen LogP contribution in [0.4, 0.5) is 0 Å². The van der Waals surface area contributed by atoms with E-state index in [1.165, 1.54) is 0 Å². The van der Waals surface area contributed by atoms with E-state index in [0.717, 1.165) is 5.69 Å². The fraction of sp³-hybridized carbons (Fsp3) is 0.111. The summed E-state index contributed by atoms with van der Waals surface area (Å²) in [6.07, 6.45) is 3.72. The molecule has 0 atom stereocenters. The first-order chi connectivity index (χ1) is 5.86. The van der Waals surface area contributed by atoms with Crippen molar-refractivity contribution in [1.29, 1.82) is 5.26 Å². The van der Waals surface area contributed by atoms with Gasteiger partial charge >= 0.3 is 0 Å². The molecule has 0 saturated carbocycles. The quantitative estimate of drug-likeness (QED) is 0.699. The third kappa shape index (κ3) is 2.40. The number of aromatic nitrogens is 1. The maximum absolute atomic E-state index is 8.54. The summed E-state index contributed by atoms with van der Waals surface area (Å²) >= 11 is 4.02. The second-order valence-corrected chi connectivity index (χ2v) is 2.51. The number of hydrogen-bond acceptors (Lipinski definition) is 3. The monoisotopic (exact) mass is 176 g/mol. The van der Waals surface area contributed by atoms with Gasteiger partial charge in [-0.1, -0.05) is 12.1 Å². The van der Waals surface area contributed by atoms with E-state index in [4.69, 9.17) is 5.26 Å². The molecule has 60 valence electrons. The smallest absolute Gasteiger partial charge is 0.141 e. The van der Waals surface area contributed by atoms with Crippen molar-refractivity contribution in [2.45, 2.75) is 0 Å². The van der Waals surface area contributed by atoms with E-state index in [-0.39, 0.29) is 0 Å². The summed E-state index contributed by atoms with van der Waals surface area (Å²) in [5.74, 6) is 0.679. The molecule has 0 aliphatic carbocycles. The molecule has 0 aliphatic rings. The van der Waals surface area contributed by atoms with Gasteiger partial charge in [-0.15, -0.1) is 0 Å². The summed E-state index contributed by atoms with van der Waals surface area (Å²) in [4.78, 5) is 4.05. The Morgan fingerprint density at radius 1 is 1.58 bits per heavy atom. The molecule has 0 aromatic carbocycles. The summed E-state index contributed by atoms with van der Waals surface area (Å²) in [6, 6.07) is 7.32. The van der Waals surface area contributed by atoms with Crippen LogP contribution in [0.5, 0.6) is 0 Å². The van der Waals surface area contributed by atoms with E-state index in [1.807, 2.05) is 30.4 Å². The normalized spacial score (nSPS) is 10.0. The summed E-state index contributed by atoms with van der Waals surface area (Å²) in [7, 11) is 0. The predicted octanol–water partition coefficient (Wildman–Crippen LogP) is 1.90. The van der Waals surface area contributed by atoms with Gasteiger partial charge < -0.3 is 0 Å².